The minimum Gasteiger partial charge on any atom is -0.456 e. The van der Waals surface area contributed by atoms with E-state index in [9.17, 15) is 19.2 Å². The molecule has 0 atom stereocenters. The van der Waals surface area contributed by atoms with Gasteiger partial charge in [0.2, 0.25) is 5.91 Å². The van der Waals surface area contributed by atoms with Crippen LogP contribution in [0.4, 0.5) is 5.69 Å². The van der Waals surface area contributed by atoms with Crippen LogP contribution in [0.15, 0.2) is 41.8 Å². The zero-order valence-corrected chi connectivity index (χ0v) is 14.9. The SMILES string of the molecule is CCC(=O)Nc1ccc(C(=O)COC(=O)CNC(=O)c2cccs2)cc1. The van der Waals surface area contributed by atoms with Gasteiger partial charge < -0.3 is 15.4 Å². The Morgan fingerprint density at radius 1 is 1.08 bits per heavy atom. The van der Waals surface area contributed by atoms with Crippen molar-refractivity contribution >= 4 is 40.6 Å². The molecule has 0 saturated heterocycles. The summed E-state index contributed by atoms with van der Waals surface area (Å²) in [5.74, 6) is -1.57. The van der Waals surface area contributed by atoms with Gasteiger partial charge in [0, 0.05) is 17.7 Å². The third-order valence-corrected chi connectivity index (χ3v) is 4.18. The number of benzene rings is 1. The zero-order valence-electron chi connectivity index (χ0n) is 14.1. The summed E-state index contributed by atoms with van der Waals surface area (Å²) in [6.07, 6.45) is 0.361. The summed E-state index contributed by atoms with van der Waals surface area (Å²) in [6, 6.07) is 9.66. The number of hydrogen-bond acceptors (Lipinski definition) is 6. The average Bonchev–Trinajstić information content (AvgIpc) is 3.19. The molecular weight excluding hydrogens is 356 g/mol. The number of carbonyl (C=O) groups is 4. The van der Waals surface area contributed by atoms with Gasteiger partial charge in [-0.1, -0.05) is 13.0 Å². The molecule has 2 aromatic rings. The molecule has 2 amide bonds. The van der Waals surface area contributed by atoms with E-state index in [1.54, 1.807) is 48.7 Å². The van der Waals surface area contributed by atoms with Crippen molar-refractivity contribution in [3.8, 4) is 0 Å². The lowest BCUT2D eigenvalue weighted by Gasteiger charge is -2.07. The number of hydrogen-bond donors (Lipinski definition) is 2. The van der Waals surface area contributed by atoms with Crippen LogP contribution in [-0.2, 0) is 14.3 Å². The second-order valence-corrected chi connectivity index (χ2v) is 6.17. The van der Waals surface area contributed by atoms with Gasteiger partial charge in [0.05, 0.1) is 4.88 Å². The van der Waals surface area contributed by atoms with E-state index in [0.717, 1.165) is 0 Å². The maximum Gasteiger partial charge on any atom is 0.325 e. The van der Waals surface area contributed by atoms with Crippen LogP contribution in [0.1, 0.15) is 33.4 Å². The Labute approximate surface area is 154 Å². The molecule has 0 aliphatic heterocycles. The van der Waals surface area contributed by atoms with E-state index >= 15 is 0 Å². The molecule has 0 bridgehead atoms. The molecule has 8 heteroatoms. The number of Topliss-reactive ketones (excluding diaryl/α,β-unsaturated/α-hetero) is 1. The third-order valence-electron chi connectivity index (χ3n) is 3.31. The maximum atomic E-state index is 12.0. The van der Waals surface area contributed by atoms with Crippen LogP contribution in [0.25, 0.3) is 0 Å². The van der Waals surface area contributed by atoms with E-state index in [0.29, 0.717) is 22.5 Å². The molecule has 0 saturated carbocycles. The van der Waals surface area contributed by atoms with Crippen molar-refractivity contribution in [1.82, 2.24) is 5.32 Å². The minimum absolute atomic E-state index is 0.123. The normalized spacial score (nSPS) is 10.0. The second-order valence-electron chi connectivity index (χ2n) is 5.22. The molecule has 2 N–H and O–H groups in total. The number of esters is 1. The average molecular weight is 374 g/mol. The third kappa shape index (κ3) is 5.82. The highest BCUT2D eigenvalue weighted by Gasteiger charge is 2.12. The van der Waals surface area contributed by atoms with Gasteiger partial charge in [-0.05, 0) is 35.7 Å². The molecule has 26 heavy (non-hydrogen) atoms. The Morgan fingerprint density at radius 3 is 2.42 bits per heavy atom. The van der Waals surface area contributed by atoms with Crippen LogP contribution in [0.2, 0.25) is 0 Å². The summed E-state index contributed by atoms with van der Waals surface area (Å²) in [5.41, 5.74) is 0.941. The molecule has 0 aliphatic rings. The van der Waals surface area contributed by atoms with E-state index in [1.807, 2.05) is 0 Å². The molecule has 0 fully saturated rings. The summed E-state index contributed by atoms with van der Waals surface area (Å²) >= 11 is 1.26. The van der Waals surface area contributed by atoms with Crippen molar-refractivity contribution in [2.24, 2.45) is 0 Å². The first kappa shape index (κ1) is 19.3. The molecule has 1 aromatic heterocycles. The van der Waals surface area contributed by atoms with Gasteiger partial charge in [0.15, 0.2) is 12.4 Å². The summed E-state index contributed by atoms with van der Waals surface area (Å²) in [5, 5.41) is 6.85. The molecule has 1 heterocycles. The summed E-state index contributed by atoms with van der Waals surface area (Å²) in [4.78, 5) is 47.1. The van der Waals surface area contributed by atoms with Crippen molar-refractivity contribution in [2.45, 2.75) is 13.3 Å². The van der Waals surface area contributed by atoms with Crippen LogP contribution >= 0.6 is 11.3 Å². The zero-order chi connectivity index (χ0) is 18.9. The Balaban J connectivity index is 1.76. The van der Waals surface area contributed by atoms with Gasteiger partial charge in [-0.2, -0.15) is 0 Å². The Morgan fingerprint density at radius 2 is 1.81 bits per heavy atom. The number of amides is 2. The van der Waals surface area contributed by atoms with Crippen molar-refractivity contribution < 1.29 is 23.9 Å². The number of thiophene rings is 1. The Kier molecular flexibility index (Phi) is 7.04. The highest BCUT2D eigenvalue weighted by Crippen LogP contribution is 2.11. The molecule has 0 spiro atoms. The predicted molar refractivity (Wildman–Crippen MR) is 97.3 cm³/mol. The van der Waals surface area contributed by atoms with E-state index in [1.165, 1.54) is 11.3 Å². The summed E-state index contributed by atoms with van der Waals surface area (Å²) in [6.45, 7) is 1.00. The summed E-state index contributed by atoms with van der Waals surface area (Å²) in [7, 11) is 0. The first-order valence-electron chi connectivity index (χ1n) is 7.90. The van der Waals surface area contributed by atoms with Crippen molar-refractivity contribution in [2.75, 3.05) is 18.5 Å². The lowest BCUT2D eigenvalue weighted by Crippen LogP contribution is -2.31. The molecule has 7 nitrogen and oxygen atoms in total. The van der Waals surface area contributed by atoms with Gasteiger partial charge in [-0.15, -0.1) is 11.3 Å². The van der Waals surface area contributed by atoms with Gasteiger partial charge in [-0.3, -0.25) is 19.2 Å². The molecule has 1 aromatic carbocycles. The van der Waals surface area contributed by atoms with E-state index in [2.05, 4.69) is 10.6 Å². The number of ketones is 1. The van der Waals surface area contributed by atoms with Crippen LogP contribution in [0.3, 0.4) is 0 Å². The fourth-order valence-electron chi connectivity index (χ4n) is 1.92. The highest BCUT2D eigenvalue weighted by molar-refractivity contribution is 7.12. The van der Waals surface area contributed by atoms with Crippen LogP contribution < -0.4 is 10.6 Å². The lowest BCUT2D eigenvalue weighted by atomic mass is 10.1. The van der Waals surface area contributed by atoms with Gasteiger partial charge in [0.1, 0.15) is 6.54 Å². The number of carbonyl (C=O) groups excluding carboxylic acids is 4. The quantitative estimate of drug-likeness (QED) is 0.545. The predicted octanol–water partition coefficient (Wildman–Crippen LogP) is 2.25. The first-order valence-corrected chi connectivity index (χ1v) is 8.78. The van der Waals surface area contributed by atoms with Gasteiger partial charge >= 0.3 is 5.97 Å². The Hall–Kier alpha value is -3.00. The second kappa shape index (κ2) is 9.47. The highest BCUT2D eigenvalue weighted by atomic mass is 32.1. The number of anilines is 1. The standard InChI is InChI=1S/C18H18N2O5S/c1-2-16(22)20-13-7-5-12(6-8-13)14(21)11-25-17(23)10-19-18(24)15-4-3-9-26-15/h3-9H,2,10-11H2,1H3,(H,19,24)(H,20,22). The molecule has 0 aliphatic carbocycles. The number of ether oxygens (including phenoxy) is 1. The van der Waals surface area contributed by atoms with Crippen LogP contribution in [-0.4, -0.2) is 36.7 Å². The van der Waals surface area contributed by atoms with Crippen molar-refractivity contribution in [3.05, 3.63) is 52.2 Å². The van der Waals surface area contributed by atoms with E-state index < -0.39 is 12.6 Å². The van der Waals surface area contributed by atoms with E-state index in [-0.39, 0.29) is 24.1 Å². The van der Waals surface area contributed by atoms with Gasteiger partial charge in [0.25, 0.3) is 5.91 Å². The molecule has 136 valence electrons. The molecule has 2 rings (SSSR count). The lowest BCUT2D eigenvalue weighted by molar-refractivity contribution is -0.141. The maximum absolute atomic E-state index is 12.0. The van der Waals surface area contributed by atoms with Crippen LogP contribution in [0.5, 0.6) is 0 Å². The fraction of sp³-hybridized carbons (Fsp3) is 0.222. The fourth-order valence-corrected chi connectivity index (χ4v) is 2.56. The largest absolute Gasteiger partial charge is 0.456 e. The van der Waals surface area contributed by atoms with E-state index in [4.69, 9.17) is 4.74 Å². The smallest absolute Gasteiger partial charge is 0.325 e. The number of rotatable bonds is 8. The minimum atomic E-state index is -0.699. The van der Waals surface area contributed by atoms with Crippen molar-refractivity contribution in [1.29, 1.82) is 0 Å². The monoisotopic (exact) mass is 374 g/mol. The topological polar surface area (TPSA) is 102 Å². The van der Waals surface area contributed by atoms with Crippen molar-refractivity contribution in [3.63, 3.8) is 0 Å². The molecule has 0 radical (unpaired) electrons. The Bertz CT molecular complexity index is 784. The summed E-state index contributed by atoms with van der Waals surface area (Å²) < 4.78 is 4.87. The van der Waals surface area contributed by atoms with Gasteiger partial charge in [-0.25, -0.2) is 0 Å². The van der Waals surface area contributed by atoms with Crippen LogP contribution in [0, 0.1) is 0 Å². The molecule has 0 unspecified atom stereocenters. The first-order chi connectivity index (χ1) is 12.5. The number of nitrogens with one attached hydrogen (secondary N) is 2. The molecular formula is C18H18N2O5S.